The van der Waals surface area contributed by atoms with Crippen molar-refractivity contribution >= 4 is 17.5 Å². The van der Waals surface area contributed by atoms with Gasteiger partial charge in [0.25, 0.3) is 0 Å². The first-order valence-corrected chi connectivity index (χ1v) is 7.00. The summed E-state index contributed by atoms with van der Waals surface area (Å²) in [5.41, 5.74) is 6.03. The number of nitro groups is 1. The molecule has 7 nitrogen and oxygen atoms in total. The topological polar surface area (TPSA) is 107 Å². The number of aryl methyl sites for hydroxylation is 1. The molecule has 0 saturated heterocycles. The molecule has 7 heteroatoms. The maximum atomic E-state index is 11.1. The van der Waals surface area contributed by atoms with Crippen LogP contribution in [0.25, 0.3) is 0 Å². The molecule has 1 aliphatic rings. The van der Waals surface area contributed by atoms with Gasteiger partial charge in [0.05, 0.1) is 4.92 Å². The number of nitrogens with two attached hydrogens (primary N) is 1. The number of nitrogens with one attached hydrogen (secondary N) is 1. The average molecular weight is 279 g/mol. The van der Waals surface area contributed by atoms with Crippen molar-refractivity contribution in [3.8, 4) is 0 Å². The molecule has 0 aliphatic heterocycles. The van der Waals surface area contributed by atoms with E-state index in [-0.39, 0.29) is 22.9 Å². The molecule has 0 spiro atoms. The van der Waals surface area contributed by atoms with Crippen molar-refractivity contribution in [2.45, 2.75) is 46.0 Å². The molecule has 1 aromatic heterocycles. The predicted octanol–water partition coefficient (Wildman–Crippen LogP) is 2.66. The molecular weight excluding hydrogens is 258 g/mol. The normalized spacial score (nSPS) is 17.1. The Labute approximate surface area is 118 Å². The Morgan fingerprint density at radius 1 is 1.40 bits per heavy atom. The van der Waals surface area contributed by atoms with E-state index in [9.17, 15) is 10.1 Å². The molecule has 20 heavy (non-hydrogen) atoms. The van der Waals surface area contributed by atoms with E-state index in [1.807, 2.05) is 0 Å². The zero-order chi connectivity index (χ0) is 14.8. The molecule has 1 heterocycles. The van der Waals surface area contributed by atoms with Gasteiger partial charge in [-0.05, 0) is 31.6 Å². The van der Waals surface area contributed by atoms with E-state index in [1.54, 1.807) is 6.92 Å². The van der Waals surface area contributed by atoms with Crippen LogP contribution in [-0.2, 0) is 0 Å². The summed E-state index contributed by atoms with van der Waals surface area (Å²) in [5.74, 6) is 0.298. The van der Waals surface area contributed by atoms with Gasteiger partial charge in [0.1, 0.15) is 5.69 Å². The molecule has 0 bridgehead atoms. The SMILES string of the molecule is CCC1(CNc2nc(N)nc(C)c2[N+](=O)[O-])CCCC1. The quantitative estimate of drug-likeness (QED) is 0.633. The number of anilines is 2. The minimum atomic E-state index is -0.454. The Kier molecular flexibility index (Phi) is 4.06. The van der Waals surface area contributed by atoms with Crippen LogP contribution in [0.3, 0.4) is 0 Å². The summed E-state index contributed by atoms with van der Waals surface area (Å²) in [6, 6.07) is 0. The number of nitrogens with zero attached hydrogens (tertiary/aromatic N) is 3. The molecule has 0 atom stereocenters. The Morgan fingerprint density at radius 3 is 2.60 bits per heavy atom. The monoisotopic (exact) mass is 279 g/mol. The van der Waals surface area contributed by atoms with Crippen LogP contribution in [-0.4, -0.2) is 21.4 Å². The maximum absolute atomic E-state index is 11.1. The Hall–Kier alpha value is -1.92. The third-order valence-electron chi connectivity index (χ3n) is 4.30. The lowest BCUT2D eigenvalue weighted by Gasteiger charge is -2.27. The second-order valence-corrected chi connectivity index (χ2v) is 5.54. The molecule has 1 fully saturated rings. The second-order valence-electron chi connectivity index (χ2n) is 5.54. The van der Waals surface area contributed by atoms with E-state index in [0.29, 0.717) is 12.2 Å². The van der Waals surface area contributed by atoms with Crippen LogP contribution in [0.2, 0.25) is 0 Å². The van der Waals surface area contributed by atoms with Crippen molar-refractivity contribution in [1.82, 2.24) is 9.97 Å². The van der Waals surface area contributed by atoms with Gasteiger partial charge < -0.3 is 11.1 Å². The summed E-state index contributed by atoms with van der Waals surface area (Å²) in [7, 11) is 0. The van der Waals surface area contributed by atoms with Crippen LogP contribution < -0.4 is 11.1 Å². The third kappa shape index (κ3) is 2.81. The van der Waals surface area contributed by atoms with Crippen molar-refractivity contribution in [3.63, 3.8) is 0 Å². The number of nitrogen functional groups attached to an aromatic ring is 1. The zero-order valence-corrected chi connectivity index (χ0v) is 12.0. The van der Waals surface area contributed by atoms with E-state index >= 15 is 0 Å². The summed E-state index contributed by atoms with van der Waals surface area (Å²) < 4.78 is 0. The third-order valence-corrected chi connectivity index (χ3v) is 4.30. The maximum Gasteiger partial charge on any atom is 0.332 e. The minimum Gasteiger partial charge on any atom is -0.368 e. The van der Waals surface area contributed by atoms with Gasteiger partial charge in [-0.3, -0.25) is 10.1 Å². The number of hydrogen-bond donors (Lipinski definition) is 2. The fourth-order valence-corrected chi connectivity index (χ4v) is 2.98. The smallest absolute Gasteiger partial charge is 0.332 e. The Morgan fingerprint density at radius 2 is 2.05 bits per heavy atom. The fourth-order valence-electron chi connectivity index (χ4n) is 2.98. The molecule has 0 amide bonds. The summed E-state index contributed by atoms with van der Waals surface area (Å²) >= 11 is 0. The van der Waals surface area contributed by atoms with Crippen molar-refractivity contribution < 1.29 is 4.92 Å². The van der Waals surface area contributed by atoms with Gasteiger partial charge in [-0.1, -0.05) is 19.8 Å². The van der Waals surface area contributed by atoms with E-state index in [4.69, 9.17) is 5.73 Å². The highest BCUT2D eigenvalue weighted by Gasteiger charge is 2.33. The van der Waals surface area contributed by atoms with Crippen LogP contribution in [0.15, 0.2) is 0 Å². The van der Waals surface area contributed by atoms with E-state index in [0.717, 1.165) is 19.3 Å². The predicted molar refractivity (Wildman–Crippen MR) is 77.5 cm³/mol. The number of aromatic nitrogens is 2. The number of rotatable bonds is 5. The van der Waals surface area contributed by atoms with E-state index < -0.39 is 4.92 Å². The van der Waals surface area contributed by atoms with Crippen LogP contribution in [0, 0.1) is 22.5 Å². The molecular formula is C13H21N5O2. The molecule has 1 aliphatic carbocycles. The molecule has 0 unspecified atom stereocenters. The summed E-state index contributed by atoms with van der Waals surface area (Å²) in [6.45, 7) is 4.44. The summed E-state index contributed by atoms with van der Waals surface area (Å²) in [6.07, 6.45) is 5.83. The highest BCUT2D eigenvalue weighted by atomic mass is 16.6. The van der Waals surface area contributed by atoms with Gasteiger partial charge in [-0.2, -0.15) is 4.98 Å². The zero-order valence-electron chi connectivity index (χ0n) is 12.0. The molecule has 2 rings (SSSR count). The molecule has 110 valence electrons. The lowest BCUT2D eigenvalue weighted by Crippen LogP contribution is -2.26. The summed E-state index contributed by atoms with van der Waals surface area (Å²) in [5, 5.41) is 14.3. The van der Waals surface area contributed by atoms with Gasteiger partial charge >= 0.3 is 5.69 Å². The first-order chi connectivity index (χ1) is 9.47. The molecule has 1 saturated carbocycles. The lowest BCUT2D eigenvalue weighted by atomic mass is 9.83. The standard InChI is InChI=1S/C13H21N5O2/c1-3-13(6-4-5-7-13)8-15-11-10(18(19)20)9(2)16-12(14)17-11/h3-8H2,1-2H3,(H3,14,15,16,17). The highest BCUT2D eigenvalue weighted by molar-refractivity contribution is 5.60. The lowest BCUT2D eigenvalue weighted by molar-refractivity contribution is -0.385. The first kappa shape index (κ1) is 14.5. The molecule has 0 radical (unpaired) electrons. The van der Waals surface area contributed by atoms with Gasteiger partial charge in [-0.15, -0.1) is 0 Å². The number of hydrogen-bond acceptors (Lipinski definition) is 6. The largest absolute Gasteiger partial charge is 0.368 e. The van der Waals surface area contributed by atoms with Crippen LogP contribution in [0.4, 0.5) is 17.5 Å². The van der Waals surface area contributed by atoms with E-state index in [1.165, 1.54) is 12.8 Å². The van der Waals surface area contributed by atoms with Crippen molar-refractivity contribution in [1.29, 1.82) is 0 Å². The van der Waals surface area contributed by atoms with Crippen molar-refractivity contribution in [2.24, 2.45) is 5.41 Å². The highest BCUT2D eigenvalue weighted by Crippen LogP contribution is 2.41. The van der Waals surface area contributed by atoms with Crippen LogP contribution in [0.5, 0.6) is 0 Å². The first-order valence-electron chi connectivity index (χ1n) is 7.00. The second kappa shape index (κ2) is 5.60. The molecule has 1 aromatic rings. The van der Waals surface area contributed by atoms with Gasteiger partial charge in [-0.25, -0.2) is 4.98 Å². The fraction of sp³-hybridized carbons (Fsp3) is 0.692. The Bertz CT molecular complexity index is 512. The summed E-state index contributed by atoms with van der Waals surface area (Å²) in [4.78, 5) is 18.5. The molecule has 0 aromatic carbocycles. The van der Waals surface area contributed by atoms with Gasteiger partial charge in [0.2, 0.25) is 11.8 Å². The Balaban J connectivity index is 2.22. The molecule has 3 N–H and O–H groups in total. The average Bonchev–Trinajstić information content (AvgIpc) is 2.84. The van der Waals surface area contributed by atoms with Gasteiger partial charge in [0.15, 0.2) is 0 Å². The van der Waals surface area contributed by atoms with Crippen molar-refractivity contribution in [3.05, 3.63) is 15.8 Å². The van der Waals surface area contributed by atoms with Crippen LogP contribution >= 0.6 is 0 Å². The van der Waals surface area contributed by atoms with Gasteiger partial charge in [0, 0.05) is 6.54 Å². The van der Waals surface area contributed by atoms with Crippen LogP contribution in [0.1, 0.15) is 44.7 Å². The van der Waals surface area contributed by atoms with E-state index in [2.05, 4.69) is 22.2 Å². The minimum absolute atomic E-state index is 0.0626. The van der Waals surface area contributed by atoms with Crippen molar-refractivity contribution in [2.75, 3.05) is 17.6 Å².